The van der Waals surface area contributed by atoms with Crippen LogP contribution in [0.4, 0.5) is 0 Å². The van der Waals surface area contributed by atoms with Crippen molar-refractivity contribution in [3.05, 3.63) is 30.3 Å². The molecule has 0 unspecified atom stereocenters. The van der Waals surface area contributed by atoms with Gasteiger partial charge >= 0.3 is 0 Å². The average Bonchev–Trinajstić information content (AvgIpc) is 1.90. The molecule has 52 valence electrons. The van der Waals surface area contributed by atoms with E-state index in [1.54, 1.807) is 13.2 Å². The Morgan fingerprint density at radius 3 is 2.50 bits per heavy atom. The molecular formula is C7H8BrOZn-. The van der Waals surface area contributed by atoms with Gasteiger partial charge in [0.25, 0.3) is 0 Å². The van der Waals surface area contributed by atoms with Crippen LogP contribution in [0.15, 0.2) is 24.3 Å². The van der Waals surface area contributed by atoms with Gasteiger partial charge in [-0.25, -0.2) is 0 Å². The molecule has 0 amide bonds. The van der Waals surface area contributed by atoms with Gasteiger partial charge < -0.3 is 4.74 Å². The quantitative estimate of drug-likeness (QED) is 0.550. The van der Waals surface area contributed by atoms with E-state index < -0.39 is 0 Å². The van der Waals surface area contributed by atoms with E-state index in [1.807, 2.05) is 18.2 Å². The van der Waals surface area contributed by atoms with E-state index in [9.17, 15) is 0 Å². The van der Waals surface area contributed by atoms with Gasteiger partial charge in [-0.2, -0.15) is 18.2 Å². The minimum absolute atomic E-state index is 0. The Balaban J connectivity index is 0. The van der Waals surface area contributed by atoms with Crippen molar-refractivity contribution in [3.8, 4) is 5.75 Å². The van der Waals surface area contributed by atoms with Crippen molar-refractivity contribution >= 4 is 17.0 Å². The number of methoxy groups -OCH3 is 1. The van der Waals surface area contributed by atoms with Crippen LogP contribution in [0.5, 0.6) is 5.75 Å². The van der Waals surface area contributed by atoms with Crippen molar-refractivity contribution in [1.82, 2.24) is 0 Å². The monoisotopic (exact) mass is 251 g/mol. The van der Waals surface area contributed by atoms with Gasteiger partial charge in [0.05, 0.1) is 7.11 Å². The van der Waals surface area contributed by atoms with Gasteiger partial charge in [-0.3, -0.25) is 0 Å². The third-order valence-corrected chi connectivity index (χ3v) is 0.914. The first-order valence-corrected chi connectivity index (χ1v) is 2.43. The van der Waals surface area contributed by atoms with E-state index >= 15 is 0 Å². The molecule has 0 spiro atoms. The first-order chi connectivity index (χ1) is 3.93. The smallest absolute Gasteiger partial charge is 0.0606 e. The Labute approximate surface area is 84.3 Å². The Morgan fingerprint density at radius 2 is 2.20 bits per heavy atom. The maximum absolute atomic E-state index is 4.88. The minimum Gasteiger partial charge on any atom is -0.554 e. The zero-order valence-corrected chi connectivity index (χ0v) is 10.5. The SMILES string of the molecule is Br.COc1c[c-]ccc1.[Zn]. The van der Waals surface area contributed by atoms with Crippen LogP contribution in [0.3, 0.4) is 0 Å². The predicted octanol–water partition coefficient (Wildman–Crippen LogP) is 2.07. The third kappa shape index (κ3) is 4.02. The molecule has 1 aromatic rings. The second-order valence-electron chi connectivity index (χ2n) is 1.44. The summed E-state index contributed by atoms with van der Waals surface area (Å²) in [6, 6.07) is 10.3. The molecule has 0 fully saturated rings. The normalized spacial score (nSPS) is 6.90. The fourth-order valence-corrected chi connectivity index (χ4v) is 0.504. The summed E-state index contributed by atoms with van der Waals surface area (Å²) in [5.41, 5.74) is 0. The second-order valence-corrected chi connectivity index (χ2v) is 1.44. The molecule has 0 aliphatic heterocycles. The van der Waals surface area contributed by atoms with E-state index in [0.717, 1.165) is 5.75 Å². The number of benzene rings is 1. The molecule has 0 bridgehead atoms. The number of ether oxygens (including phenoxy) is 1. The molecule has 0 saturated heterocycles. The van der Waals surface area contributed by atoms with E-state index in [1.165, 1.54) is 0 Å². The molecule has 0 saturated carbocycles. The molecule has 3 heteroatoms. The summed E-state index contributed by atoms with van der Waals surface area (Å²) in [4.78, 5) is 0. The van der Waals surface area contributed by atoms with E-state index in [-0.39, 0.29) is 36.5 Å². The van der Waals surface area contributed by atoms with E-state index in [4.69, 9.17) is 4.74 Å². The molecule has 1 rings (SSSR count). The number of rotatable bonds is 1. The van der Waals surface area contributed by atoms with Gasteiger partial charge in [0, 0.05) is 25.2 Å². The van der Waals surface area contributed by atoms with Crippen molar-refractivity contribution in [2.24, 2.45) is 0 Å². The maximum Gasteiger partial charge on any atom is 0.0606 e. The van der Waals surface area contributed by atoms with Crippen molar-refractivity contribution in [2.75, 3.05) is 7.11 Å². The molecule has 0 aliphatic rings. The summed E-state index contributed by atoms with van der Waals surface area (Å²) >= 11 is 0. The van der Waals surface area contributed by atoms with Crippen LogP contribution in [0, 0.1) is 6.07 Å². The topological polar surface area (TPSA) is 9.23 Å². The molecular weight excluding hydrogens is 245 g/mol. The Hall–Kier alpha value is 0.123. The fraction of sp³-hybridized carbons (Fsp3) is 0.143. The number of hydrogen-bond donors (Lipinski definition) is 0. The molecule has 0 aliphatic carbocycles. The summed E-state index contributed by atoms with van der Waals surface area (Å²) in [6.45, 7) is 0. The molecule has 0 N–H and O–H groups in total. The molecule has 1 aromatic carbocycles. The van der Waals surface area contributed by atoms with E-state index in [2.05, 4.69) is 6.07 Å². The van der Waals surface area contributed by atoms with Crippen LogP contribution in [0.2, 0.25) is 0 Å². The third-order valence-electron chi connectivity index (χ3n) is 0.914. The maximum atomic E-state index is 4.88. The number of halogens is 1. The first-order valence-electron chi connectivity index (χ1n) is 2.43. The Morgan fingerprint density at radius 1 is 1.50 bits per heavy atom. The first kappa shape index (κ1) is 12.8. The van der Waals surface area contributed by atoms with Crippen LogP contribution >= 0.6 is 17.0 Å². The molecule has 0 radical (unpaired) electrons. The summed E-state index contributed by atoms with van der Waals surface area (Å²) in [6.07, 6.45) is 0. The van der Waals surface area contributed by atoms with Crippen LogP contribution < -0.4 is 4.74 Å². The summed E-state index contributed by atoms with van der Waals surface area (Å²) < 4.78 is 4.88. The van der Waals surface area contributed by atoms with Gasteiger partial charge in [0.1, 0.15) is 0 Å². The van der Waals surface area contributed by atoms with Crippen molar-refractivity contribution in [3.63, 3.8) is 0 Å². The van der Waals surface area contributed by atoms with Gasteiger partial charge in [-0.15, -0.1) is 29.1 Å². The van der Waals surface area contributed by atoms with Gasteiger partial charge in [0.2, 0.25) is 0 Å². The number of hydrogen-bond acceptors (Lipinski definition) is 1. The molecule has 0 heterocycles. The summed E-state index contributed by atoms with van der Waals surface area (Å²) in [5.74, 6) is 0.854. The van der Waals surface area contributed by atoms with Crippen molar-refractivity contribution < 1.29 is 24.2 Å². The van der Waals surface area contributed by atoms with Crippen LogP contribution in [0.1, 0.15) is 0 Å². The standard InChI is InChI=1S/C7H7O.BrH.Zn/c1-8-7-5-3-2-4-6-7;;/h2-3,5-6H,1H3;1H;/q-1;;. The van der Waals surface area contributed by atoms with Crippen LogP contribution in [0.25, 0.3) is 0 Å². The Bertz CT molecular complexity index is 155. The molecule has 0 atom stereocenters. The zero-order valence-electron chi connectivity index (χ0n) is 5.83. The van der Waals surface area contributed by atoms with Gasteiger partial charge in [-0.1, -0.05) is 0 Å². The average molecular weight is 253 g/mol. The minimum atomic E-state index is 0. The van der Waals surface area contributed by atoms with Crippen molar-refractivity contribution in [2.45, 2.75) is 0 Å². The predicted molar refractivity (Wildman–Crippen MR) is 42.2 cm³/mol. The summed E-state index contributed by atoms with van der Waals surface area (Å²) in [7, 11) is 1.64. The van der Waals surface area contributed by atoms with Crippen molar-refractivity contribution in [1.29, 1.82) is 0 Å². The zero-order chi connectivity index (χ0) is 5.82. The molecule has 10 heavy (non-hydrogen) atoms. The van der Waals surface area contributed by atoms with Gasteiger partial charge in [0.15, 0.2) is 0 Å². The Kier molecular flexibility index (Phi) is 9.24. The summed E-state index contributed by atoms with van der Waals surface area (Å²) in [5, 5.41) is 0. The largest absolute Gasteiger partial charge is 0.554 e. The second kappa shape index (κ2) is 7.23. The molecule has 0 aromatic heterocycles. The van der Waals surface area contributed by atoms with Gasteiger partial charge in [-0.05, 0) is 0 Å². The van der Waals surface area contributed by atoms with Crippen LogP contribution in [-0.2, 0) is 19.5 Å². The molecule has 1 nitrogen and oxygen atoms in total. The van der Waals surface area contributed by atoms with Crippen LogP contribution in [-0.4, -0.2) is 7.11 Å². The van der Waals surface area contributed by atoms with E-state index in [0.29, 0.717) is 0 Å². The fourth-order valence-electron chi connectivity index (χ4n) is 0.504.